The Kier molecular flexibility index (Phi) is 4.94. The first-order valence-corrected chi connectivity index (χ1v) is 9.34. The Morgan fingerprint density at radius 2 is 1.92 bits per heavy atom. The van der Waals surface area contributed by atoms with Gasteiger partial charge in [0.05, 0.1) is 10.6 Å². The monoisotopic (exact) mass is 368 g/mol. The van der Waals surface area contributed by atoms with Gasteiger partial charge in [0.15, 0.2) is 0 Å². The van der Waals surface area contributed by atoms with E-state index >= 15 is 0 Å². The summed E-state index contributed by atoms with van der Waals surface area (Å²) in [5.41, 5.74) is 1.66. The highest BCUT2D eigenvalue weighted by Gasteiger charge is 2.23. The molecule has 0 fully saturated rings. The number of nitrogens with one attached hydrogen (secondary N) is 1. The first kappa shape index (κ1) is 17.9. The van der Waals surface area contributed by atoms with Crippen LogP contribution in [0.15, 0.2) is 65.7 Å². The summed E-state index contributed by atoms with van der Waals surface area (Å²) in [7, 11) is -2.18. The van der Waals surface area contributed by atoms with Gasteiger partial charge < -0.3 is 5.32 Å². The van der Waals surface area contributed by atoms with Gasteiger partial charge in [-0.3, -0.25) is 0 Å². The maximum absolute atomic E-state index is 14.3. The van der Waals surface area contributed by atoms with Crippen LogP contribution in [0.3, 0.4) is 0 Å². The Morgan fingerprint density at radius 3 is 2.62 bits per heavy atom. The van der Waals surface area contributed by atoms with Crippen molar-refractivity contribution in [3.8, 4) is 23.6 Å². The third-order valence-electron chi connectivity index (χ3n) is 3.93. The van der Waals surface area contributed by atoms with Crippen molar-refractivity contribution in [1.29, 1.82) is 0 Å². The summed E-state index contributed by atoms with van der Waals surface area (Å²) in [4.78, 5) is 0.0529. The minimum Gasteiger partial charge on any atom is -0.316 e. The van der Waals surface area contributed by atoms with Crippen LogP contribution in [-0.4, -0.2) is 19.4 Å². The zero-order valence-corrected chi connectivity index (χ0v) is 14.9. The molecule has 0 atom stereocenters. The van der Waals surface area contributed by atoms with Crippen molar-refractivity contribution >= 4 is 10.0 Å². The van der Waals surface area contributed by atoms with Crippen LogP contribution in [0.4, 0.5) is 4.39 Å². The minimum atomic E-state index is -3.94. The molecule has 6 heteroatoms. The number of hydrogen-bond acceptors (Lipinski definition) is 3. The molecule has 3 aromatic rings. The van der Waals surface area contributed by atoms with Crippen LogP contribution in [-0.2, 0) is 16.6 Å². The predicted octanol–water partition coefficient (Wildman–Crippen LogP) is 3.23. The van der Waals surface area contributed by atoms with E-state index < -0.39 is 15.8 Å². The maximum atomic E-state index is 14.3. The second kappa shape index (κ2) is 7.16. The summed E-state index contributed by atoms with van der Waals surface area (Å²) >= 11 is 0. The minimum absolute atomic E-state index is 0.0529. The molecule has 0 spiro atoms. The molecule has 132 valence electrons. The third kappa shape index (κ3) is 3.27. The molecule has 0 radical (unpaired) electrons. The van der Waals surface area contributed by atoms with Crippen LogP contribution in [0.2, 0.25) is 0 Å². The maximum Gasteiger partial charge on any atom is 0.268 e. The summed E-state index contributed by atoms with van der Waals surface area (Å²) in [5.74, 6) is 1.94. The average Bonchev–Trinajstić information content (AvgIpc) is 3.07. The first-order chi connectivity index (χ1) is 12.5. The van der Waals surface area contributed by atoms with Gasteiger partial charge in [0.2, 0.25) is 0 Å². The van der Waals surface area contributed by atoms with E-state index in [2.05, 4.69) is 11.2 Å². The molecule has 0 saturated heterocycles. The summed E-state index contributed by atoms with van der Waals surface area (Å²) in [5, 5.41) is 2.97. The Balaban J connectivity index is 2.23. The van der Waals surface area contributed by atoms with Crippen molar-refractivity contribution in [3.63, 3.8) is 0 Å². The molecule has 3 rings (SSSR count). The molecule has 0 aliphatic carbocycles. The van der Waals surface area contributed by atoms with E-state index in [0.717, 1.165) is 9.54 Å². The van der Waals surface area contributed by atoms with E-state index in [-0.39, 0.29) is 16.2 Å². The SMILES string of the molecule is C#Cc1cccc(S(=O)(=O)n2cc(CNC)cc2-c2ccccc2F)c1. The highest BCUT2D eigenvalue weighted by atomic mass is 32.2. The van der Waals surface area contributed by atoms with Gasteiger partial charge in [-0.15, -0.1) is 6.42 Å². The smallest absolute Gasteiger partial charge is 0.268 e. The average molecular weight is 368 g/mol. The van der Waals surface area contributed by atoms with Crippen molar-refractivity contribution in [2.75, 3.05) is 7.05 Å². The van der Waals surface area contributed by atoms with E-state index in [1.54, 1.807) is 43.4 Å². The molecule has 1 aromatic heterocycles. The molecule has 0 bridgehead atoms. The summed E-state index contributed by atoms with van der Waals surface area (Å²) in [6.45, 7) is 0.453. The molecule has 0 amide bonds. The molecular weight excluding hydrogens is 351 g/mol. The first-order valence-electron chi connectivity index (χ1n) is 7.90. The topological polar surface area (TPSA) is 51.1 Å². The lowest BCUT2D eigenvalue weighted by Crippen LogP contribution is -2.14. The summed E-state index contributed by atoms with van der Waals surface area (Å²) < 4.78 is 41.8. The number of aromatic nitrogens is 1. The van der Waals surface area contributed by atoms with E-state index in [0.29, 0.717) is 12.1 Å². The number of benzene rings is 2. The van der Waals surface area contributed by atoms with E-state index in [1.165, 1.54) is 24.4 Å². The van der Waals surface area contributed by atoms with Gasteiger partial charge in [-0.2, -0.15) is 0 Å². The highest BCUT2D eigenvalue weighted by molar-refractivity contribution is 7.90. The van der Waals surface area contributed by atoms with Crippen LogP contribution in [0.5, 0.6) is 0 Å². The van der Waals surface area contributed by atoms with Crippen LogP contribution in [0.1, 0.15) is 11.1 Å². The molecule has 0 aliphatic rings. The molecule has 1 N–H and O–H groups in total. The van der Waals surface area contributed by atoms with E-state index in [1.807, 2.05) is 0 Å². The Morgan fingerprint density at radius 1 is 1.15 bits per heavy atom. The molecule has 4 nitrogen and oxygen atoms in total. The third-order valence-corrected chi connectivity index (χ3v) is 5.60. The van der Waals surface area contributed by atoms with Crippen molar-refractivity contribution < 1.29 is 12.8 Å². The predicted molar refractivity (Wildman–Crippen MR) is 99.6 cm³/mol. The van der Waals surface area contributed by atoms with Crippen molar-refractivity contribution in [1.82, 2.24) is 9.29 Å². The molecule has 0 aliphatic heterocycles. The normalized spacial score (nSPS) is 11.3. The second-order valence-electron chi connectivity index (χ2n) is 5.72. The summed E-state index contributed by atoms with van der Waals surface area (Å²) in [6, 6.07) is 13.9. The van der Waals surface area contributed by atoms with E-state index in [4.69, 9.17) is 6.42 Å². The highest BCUT2D eigenvalue weighted by Crippen LogP contribution is 2.29. The van der Waals surface area contributed by atoms with Gasteiger partial charge >= 0.3 is 0 Å². The van der Waals surface area contributed by atoms with Crippen LogP contribution < -0.4 is 5.32 Å². The molecular formula is C20H17FN2O2S. The summed E-state index contributed by atoms with van der Waals surface area (Å²) in [6.07, 6.45) is 6.87. The number of rotatable bonds is 5. The van der Waals surface area contributed by atoms with Crippen LogP contribution >= 0.6 is 0 Å². The lowest BCUT2D eigenvalue weighted by molar-refractivity contribution is 0.587. The lowest BCUT2D eigenvalue weighted by atomic mass is 10.1. The number of halogens is 1. The van der Waals surface area contributed by atoms with Crippen molar-refractivity contribution in [2.45, 2.75) is 11.4 Å². The van der Waals surface area contributed by atoms with Gasteiger partial charge in [-0.25, -0.2) is 16.8 Å². The number of terminal acetylenes is 1. The number of nitrogens with zero attached hydrogens (tertiary/aromatic N) is 1. The zero-order valence-electron chi connectivity index (χ0n) is 14.1. The van der Waals surface area contributed by atoms with Crippen molar-refractivity contribution in [3.05, 3.63) is 77.7 Å². The molecule has 0 unspecified atom stereocenters. The number of hydrogen-bond donors (Lipinski definition) is 1. The fourth-order valence-corrected chi connectivity index (χ4v) is 4.16. The zero-order chi connectivity index (χ0) is 18.7. The Hall–Kier alpha value is -2.88. The fourth-order valence-electron chi connectivity index (χ4n) is 2.72. The largest absolute Gasteiger partial charge is 0.316 e. The molecule has 0 saturated carbocycles. The standard InChI is InChI=1S/C20H17FN2O2S/c1-3-15-7-6-8-17(11-15)26(24,25)23-14-16(13-22-2)12-20(23)18-9-4-5-10-19(18)21/h1,4-12,14,22H,13H2,2H3. The quantitative estimate of drug-likeness (QED) is 0.704. The van der Waals surface area contributed by atoms with Crippen LogP contribution in [0, 0.1) is 18.2 Å². The van der Waals surface area contributed by atoms with Gasteiger partial charge in [-0.1, -0.05) is 24.1 Å². The van der Waals surface area contributed by atoms with E-state index in [9.17, 15) is 12.8 Å². The molecule has 1 heterocycles. The molecule has 2 aromatic carbocycles. The fraction of sp³-hybridized carbons (Fsp3) is 0.100. The van der Waals surface area contributed by atoms with Gasteiger partial charge in [0.1, 0.15) is 5.82 Å². The van der Waals surface area contributed by atoms with Crippen LogP contribution in [0.25, 0.3) is 11.3 Å². The van der Waals surface area contributed by atoms with Crippen molar-refractivity contribution in [2.24, 2.45) is 0 Å². The Bertz CT molecular complexity index is 1090. The van der Waals surface area contributed by atoms with Gasteiger partial charge in [-0.05, 0) is 49.0 Å². The van der Waals surface area contributed by atoms with Gasteiger partial charge in [0.25, 0.3) is 10.0 Å². The molecule has 26 heavy (non-hydrogen) atoms. The second-order valence-corrected chi connectivity index (χ2v) is 7.53. The van der Waals surface area contributed by atoms with Gasteiger partial charge in [0, 0.05) is 23.9 Å². The Labute approximate surface area is 152 Å². The lowest BCUT2D eigenvalue weighted by Gasteiger charge is -2.11.